The zero-order chi connectivity index (χ0) is 25.3. The fourth-order valence-electron chi connectivity index (χ4n) is 5.13. The second-order valence-corrected chi connectivity index (χ2v) is 9.70. The van der Waals surface area contributed by atoms with Gasteiger partial charge in [-0.05, 0) is 61.1 Å². The molecule has 2 aliphatic rings. The van der Waals surface area contributed by atoms with Crippen molar-refractivity contribution in [1.29, 1.82) is 0 Å². The Labute approximate surface area is 213 Å². The highest BCUT2D eigenvalue weighted by molar-refractivity contribution is 5.93. The van der Waals surface area contributed by atoms with Crippen LogP contribution in [-0.2, 0) is 0 Å². The Morgan fingerprint density at radius 3 is 1.39 bits per heavy atom. The van der Waals surface area contributed by atoms with Crippen molar-refractivity contribution in [3.8, 4) is 22.6 Å². The third kappa shape index (κ3) is 6.83. The molecule has 0 heterocycles. The van der Waals surface area contributed by atoms with Gasteiger partial charge in [0, 0.05) is 12.1 Å². The molecular weight excluding hydrogens is 456 g/mol. The minimum Gasteiger partial charge on any atom is -0.495 e. The molecule has 0 aliphatic heterocycles. The van der Waals surface area contributed by atoms with Gasteiger partial charge in [0.1, 0.15) is 11.5 Å². The summed E-state index contributed by atoms with van der Waals surface area (Å²) in [5.41, 5.74) is 3.03. The summed E-state index contributed by atoms with van der Waals surface area (Å²) < 4.78 is 11.1. The highest BCUT2D eigenvalue weighted by Gasteiger charge is 2.18. The fraction of sp³-hybridized carbons (Fsp3) is 0.500. The molecule has 0 radical (unpaired) electrons. The van der Waals surface area contributed by atoms with Crippen LogP contribution in [0.1, 0.15) is 64.2 Å². The molecule has 0 bridgehead atoms. The molecular formula is C28H38N4O4. The highest BCUT2D eigenvalue weighted by atomic mass is 16.5. The molecule has 0 spiro atoms. The Hall–Kier alpha value is -3.42. The van der Waals surface area contributed by atoms with E-state index >= 15 is 0 Å². The molecule has 0 saturated heterocycles. The van der Waals surface area contributed by atoms with E-state index in [9.17, 15) is 9.59 Å². The van der Waals surface area contributed by atoms with Crippen LogP contribution in [-0.4, -0.2) is 38.4 Å². The molecule has 0 aromatic heterocycles. The monoisotopic (exact) mass is 494 g/mol. The summed E-state index contributed by atoms with van der Waals surface area (Å²) in [5.74, 6) is 1.14. The number of carbonyl (C=O) groups is 2. The van der Waals surface area contributed by atoms with Gasteiger partial charge < -0.3 is 30.7 Å². The zero-order valence-electron chi connectivity index (χ0n) is 21.3. The van der Waals surface area contributed by atoms with Crippen molar-refractivity contribution in [2.45, 2.75) is 76.3 Å². The largest absolute Gasteiger partial charge is 0.495 e. The second kappa shape index (κ2) is 12.5. The van der Waals surface area contributed by atoms with Gasteiger partial charge in [0.05, 0.1) is 25.6 Å². The maximum atomic E-state index is 12.5. The third-order valence-electron chi connectivity index (χ3n) is 7.11. The van der Waals surface area contributed by atoms with Crippen molar-refractivity contribution in [2.75, 3.05) is 24.9 Å². The average Bonchev–Trinajstić information content (AvgIpc) is 2.90. The van der Waals surface area contributed by atoms with Crippen LogP contribution in [0.4, 0.5) is 21.0 Å². The molecule has 0 atom stereocenters. The van der Waals surface area contributed by atoms with Gasteiger partial charge >= 0.3 is 12.1 Å². The molecule has 2 fully saturated rings. The molecule has 2 aromatic carbocycles. The van der Waals surface area contributed by atoms with Crippen LogP contribution >= 0.6 is 0 Å². The molecule has 8 nitrogen and oxygen atoms in total. The van der Waals surface area contributed by atoms with Crippen molar-refractivity contribution < 1.29 is 19.1 Å². The van der Waals surface area contributed by atoms with Gasteiger partial charge in [-0.1, -0.05) is 50.7 Å². The van der Waals surface area contributed by atoms with E-state index in [1.807, 2.05) is 36.4 Å². The number of nitrogens with one attached hydrogen (secondary N) is 4. The summed E-state index contributed by atoms with van der Waals surface area (Å²) in [6.07, 6.45) is 11.2. The quantitative estimate of drug-likeness (QED) is 0.364. The predicted molar refractivity (Wildman–Crippen MR) is 143 cm³/mol. The minimum absolute atomic E-state index is 0.212. The smallest absolute Gasteiger partial charge is 0.319 e. The summed E-state index contributed by atoms with van der Waals surface area (Å²) in [5, 5.41) is 12.0. The lowest BCUT2D eigenvalue weighted by Gasteiger charge is -2.23. The van der Waals surface area contributed by atoms with E-state index in [-0.39, 0.29) is 24.1 Å². The second-order valence-electron chi connectivity index (χ2n) is 9.70. The molecule has 8 heteroatoms. The van der Waals surface area contributed by atoms with Gasteiger partial charge in [-0.2, -0.15) is 0 Å². The normalized spacial score (nSPS) is 16.6. The first-order valence-corrected chi connectivity index (χ1v) is 13.1. The van der Waals surface area contributed by atoms with Crippen LogP contribution in [0.25, 0.3) is 11.1 Å². The van der Waals surface area contributed by atoms with E-state index in [0.29, 0.717) is 22.9 Å². The predicted octanol–water partition coefficient (Wildman–Crippen LogP) is 6.28. The number of carbonyl (C=O) groups excluding carboxylic acids is 2. The van der Waals surface area contributed by atoms with E-state index in [1.165, 1.54) is 12.8 Å². The van der Waals surface area contributed by atoms with Crippen molar-refractivity contribution in [2.24, 2.45) is 0 Å². The van der Waals surface area contributed by atoms with Crippen LogP contribution in [0.15, 0.2) is 36.4 Å². The Kier molecular flexibility index (Phi) is 8.92. The SMILES string of the molecule is COc1cc(-c2ccc(NC(=O)NC3CCCCC3)c(OC)c2)ccc1NC(=O)NC1CCCCC1. The van der Waals surface area contributed by atoms with Crippen molar-refractivity contribution in [3.63, 3.8) is 0 Å². The number of amides is 4. The standard InChI is InChI=1S/C28H38N4O4/c1-35-25-17-19(13-15-23(25)31-27(33)29-21-9-5-3-6-10-21)20-14-16-24(26(18-20)36-2)32-28(34)30-22-11-7-4-8-12-22/h13-18,21-22H,3-12H2,1-2H3,(H2,29,31,33)(H2,30,32,34). The lowest BCUT2D eigenvalue weighted by atomic mass is 9.96. The Bertz CT molecular complexity index is 962. The zero-order valence-corrected chi connectivity index (χ0v) is 21.3. The number of hydrogen-bond donors (Lipinski definition) is 4. The Morgan fingerprint density at radius 1 is 0.639 bits per heavy atom. The number of rotatable bonds is 7. The summed E-state index contributed by atoms with van der Waals surface area (Å²) in [6, 6.07) is 11.3. The van der Waals surface area contributed by atoms with Gasteiger partial charge in [-0.15, -0.1) is 0 Å². The van der Waals surface area contributed by atoms with Crippen LogP contribution in [0.3, 0.4) is 0 Å². The molecule has 2 aromatic rings. The van der Waals surface area contributed by atoms with Gasteiger partial charge in [-0.3, -0.25) is 0 Å². The molecule has 2 aliphatic carbocycles. The summed E-state index contributed by atoms with van der Waals surface area (Å²) >= 11 is 0. The number of hydrogen-bond acceptors (Lipinski definition) is 4. The van der Waals surface area contributed by atoms with E-state index in [2.05, 4.69) is 21.3 Å². The molecule has 0 unspecified atom stereocenters. The highest BCUT2D eigenvalue weighted by Crippen LogP contribution is 2.35. The molecule has 194 valence electrons. The first kappa shape index (κ1) is 25.7. The molecule has 4 rings (SSSR count). The lowest BCUT2D eigenvalue weighted by molar-refractivity contribution is 0.243. The van der Waals surface area contributed by atoms with Gasteiger partial charge in [0.2, 0.25) is 0 Å². The van der Waals surface area contributed by atoms with Crippen LogP contribution in [0.5, 0.6) is 11.5 Å². The Morgan fingerprint density at radius 2 is 1.03 bits per heavy atom. The van der Waals surface area contributed by atoms with Gasteiger partial charge in [0.15, 0.2) is 0 Å². The Balaban J connectivity index is 1.42. The summed E-state index contributed by atoms with van der Waals surface area (Å²) in [6.45, 7) is 0. The fourth-order valence-corrected chi connectivity index (χ4v) is 5.13. The topological polar surface area (TPSA) is 101 Å². The first-order chi connectivity index (χ1) is 17.6. The van der Waals surface area contributed by atoms with Gasteiger partial charge in [0.25, 0.3) is 0 Å². The first-order valence-electron chi connectivity index (χ1n) is 13.1. The third-order valence-corrected chi connectivity index (χ3v) is 7.11. The van der Waals surface area contributed by atoms with E-state index < -0.39 is 0 Å². The van der Waals surface area contributed by atoms with Gasteiger partial charge in [-0.25, -0.2) is 9.59 Å². The molecule has 36 heavy (non-hydrogen) atoms. The van der Waals surface area contributed by atoms with Crippen molar-refractivity contribution in [1.82, 2.24) is 10.6 Å². The summed E-state index contributed by atoms with van der Waals surface area (Å²) in [7, 11) is 3.17. The number of anilines is 2. The van der Waals surface area contributed by atoms with E-state index in [0.717, 1.165) is 62.5 Å². The number of methoxy groups -OCH3 is 2. The average molecular weight is 495 g/mol. The molecule has 4 N–H and O–H groups in total. The molecule has 2 saturated carbocycles. The van der Waals surface area contributed by atoms with Crippen LogP contribution in [0, 0.1) is 0 Å². The maximum absolute atomic E-state index is 12.5. The number of ether oxygens (including phenoxy) is 2. The van der Waals surface area contributed by atoms with Crippen molar-refractivity contribution in [3.05, 3.63) is 36.4 Å². The number of benzene rings is 2. The van der Waals surface area contributed by atoms with Crippen molar-refractivity contribution >= 4 is 23.4 Å². The van der Waals surface area contributed by atoms with Crippen LogP contribution in [0.2, 0.25) is 0 Å². The van der Waals surface area contributed by atoms with E-state index in [4.69, 9.17) is 9.47 Å². The lowest BCUT2D eigenvalue weighted by Crippen LogP contribution is -2.39. The minimum atomic E-state index is -0.212. The molecule has 4 amide bonds. The number of urea groups is 2. The van der Waals surface area contributed by atoms with E-state index in [1.54, 1.807) is 14.2 Å². The van der Waals surface area contributed by atoms with Crippen LogP contribution < -0.4 is 30.7 Å². The summed E-state index contributed by atoms with van der Waals surface area (Å²) in [4.78, 5) is 25.0. The maximum Gasteiger partial charge on any atom is 0.319 e.